The SMILES string of the molecule is CS(C)(c1ccc(F)cc1)C1CCCCO1. The van der Waals surface area contributed by atoms with Gasteiger partial charge in [0.05, 0.1) is 5.44 Å². The molecule has 90 valence electrons. The van der Waals surface area contributed by atoms with E-state index in [9.17, 15) is 4.39 Å². The monoisotopic (exact) mass is 242 g/mol. The fraction of sp³-hybridized carbons (Fsp3) is 0.538. The number of rotatable bonds is 2. The van der Waals surface area contributed by atoms with Crippen molar-refractivity contribution in [2.75, 3.05) is 19.1 Å². The molecule has 1 unspecified atom stereocenters. The van der Waals surface area contributed by atoms with Gasteiger partial charge >= 0.3 is 0 Å². The topological polar surface area (TPSA) is 9.23 Å². The molecule has 0 aliphatic carbocycles. The van der Waals surface area contributed by atoms with E-state index in [0.29, 0.717) is 5.44 Å². The first-order valence-corrected chi connectivity index (χ1v) is 8.21. The summed E-state index contributed by atoms with van der Waals surface area (Å²) in [5.74, 6) is -0.163. The van der Waals surface area contributed by atoms with E-state index in [1.54, 1.807) is 12.1 Å². The highest BCUT2D eigenvalue weighted by Crippen LogP contribution is 2.55. The largest absolute Gasteiger partial charge is 0.369 e. The Morgan fingerprint density at radius 2 is 1.88 bits per heavy atom. The van der Waals surface area contributed by atoms with Crippen molar-refractivity contribution in [2.45, 2.75) is 29.6 Å². The van der Waals surface area contributed by atoms with Crippen molar-refractivity contribution in [3.05, 3.63) is 30.1 Å². The van der Waals surface area contributed by atoms with Gasteiger partial charge in [0, 0.05) is 6.61 Å². The Bertz CT molecular complexity index is 341. The highest BCUT2D eigenvalue weighted by molar-refractivity contribution is 8.33. The van der Waals surface area contributed by atoms with E-state index in [1.807, 2.05) is 12.1 Å². The molecule has 0 radical (unpaired) electrons. The van der Waals surface area contributed by atoms with Gasteiger partial charge in [-0.2, -0.15) is 10.0 Å². The quantitative estimate of drug-likeness (QED) is 0.767. The maximum Gasteiger partial charge on any atom is 0.123 e. The molecule has 1 saturated heterocycles. The maximum atomic E-state index is 12.9. The number of halogens is 1. The first kappa shape index (κ1) is 11.9. The molecule has 1 heterocycles. The highest BCUT2D eigenvalue weighted by atomic mass is 32.3. The van der Waals surface area contributed by atoms with Crippen LogP contribution in [0.15, 0.2) is 29.2 Å². The van der Waals surface area contributed by atoms with Crippen molar-refractivity contribution in [3.8, 4) is 0 Å². The maximum absolute atomic E-state index is 12.9. The second-order valence-electron chi connectivity index (χ2n) is 4.66. The molecule has 2 rings (SSSR count). The van der Waals surface area contributed by atoms with Crippen LogP contribution in [0.2, 0.25) is 0 Å². The minimum absolute atomic E-state index is 0.163. The second kappa shape index (κ2) is 4.76. The molecule has 0 N–H and O–H groups in total. The van der Waals surface area contributed by atoms with Crippen LogP contribution in [0.1, 0.15) is 19.3 Å². The third kappa shape index (κ3) is 2.41. The van der Waals surface area contributed by atoms with Crippen molar-refractivity contribution in [3.63, 3.8) is 0 Å². The molecular weight excluding hydrogens is 223 g/mol. The molecule has 0 amide bonds. The molecule has 1 aromatic rings. The van der Waals surface area contributed by atoms with Crippen LogP contribution < -0.4 is 0 Å². The molecule has 1 nitrogen and oxygen atoms in total. The summed E-state index contributed by atoms with van der Waals surface area (Å²) in [5, 5.41) is 0. The lowest BCUT2D eigenvalue weighted by molar-refractivity contribution is 0.0702. The Kier molecular flexibility index (Phi) is 3.55. The molecule has 16 heavy (non-hydrogen) atoms. The lowest BCUT2D eigenvalue weighted by atomic mass is 10.2. The van der Waals surface area contributed by atoms with Crippen LogP contribution in [0.25, 0.3) is 0 Å². The lowest BCUT2D eigenvalue weighted by Gasteiger charge is -2.41. The molecule has 3 heteroatoms. The fourth-order valence-electron chi connectivity index (χ4n) is 2.11. The molecule has 1 atom stereocenters. The van der Waals surface area contributed by atoms with Gasteiger partial charge in [0.2, 0.25) is 0 Å². The Morgan fingerprint density at radius 3 is 2.44 bits per heavy atom. The average Bonchev–Trinajstić information content (AvgIpc) is 2.31. The average molecular weight is 242 g/mol. The van der Waals surface area contributed by atoms with E-state index in [0.717, 1.165) is 13.0 Å². The first-order chi connectivity index (χ1) is 7.60. The second-order valence-corrected chi connectivity index (χ2v) is 8.46. The van der Waals surface area contributed by atoms with Gasteiger partial charge in [-0.05, 0) is 60.9 Å². The molecule has 0 aromatic heterocycles. The Morgan fingerprint density at radius 1 is 1.19 bits per heavy atom. The van der Waals surface area contributed by atoms with E-state index in [2.05, 4.69) is 12.5 Å². The van der Waals surface area contributed by atoms with Crippen molar-refractivity contribution in [1.29, 1.82) is 0 Å². The Hall–Kier alpha value is -0.540. The summed E-state index contributed by atoms with van der Waals surface area (Å²) >= 11 is 0. The third-order valence-electron chi connectivity index (χ3n) is 3.22. The van der Waals surface area contributed by atoms with Crippen LogP contribution in [0.5, 0.6) is 0 Å². The summed E-state index contributed by atoms with van der Waals surface area (Å²) in [5.41, 5.74) is 0.340. The summed E-state index contributed by atoms with van der Waals surface area (Å²) in [6, 6.07) is 6.91. The molecule has 1 aliphatic rings. The van der Waals surface area contributed by atoms with E-state index in [1.165, 1.54) is 17.7 Å². The van der Waals surface area contributed by atoms with Gasteiger partial charge in [-0.1, -0.05) is 0 Å². The zero-order valence-corrected chi connectivity index (χ0v) is 10.7. The van der Waals surface area contributed by atoms with Gasteiger partial charge < -0.3 is 4.74 Å². The normalized spacial score (nSPS) is 23.1. The van der Waals surface area contributed by atoms with Crippen molar-refractivity contribution < 1.29 is 9.13 Å². The van der Waals surface area contributed by atoms with Crippen LogP contribution in [0.3, 0.4) is 0 Å². The summed E-state index contributed by atoms with van der Waals surface area (Å²) < 4.78 is 18.8. The van der Waals surface area contributed by atoms with E-state index < -0.39 is 10.0 Å². The minimum atomic E-state index is -0.968. The molecule has 1 aliphatic heterocycles. The van der Waals surface area contributed by atoms with Crippen molar-refractivity contribution in [2.24, 2.45) is 0 Å². The van der Waals surface area contributed by atoms with E-state index >= 15 is 0 Å². The van der Waals surface area contributed by atoms with Crippen molar-refractivity contribution in [1.82, 2.24) is 0 Å². The highest BCUT2D eigenvalue weighted by Gasteiger charge is 2.28. The zero-order valence-electron chi connectivity index (χ0n) is 9.91. The fourth-order valence-corrected chi connectivity index (χ4v) is 4.45. The molecule has 0 saturated carbocycles. The van der Waals surface area contributed by atoms with Crippen LogP contribution in [0, 0.1) is 5.82 Å². The molecule has 1 fully saturated rings. The van der Waals surface area contributed by atoms with Crippen LogP contribution in [-0.4, -0.2) is 24.6 Å². The van der Waals surface area contributed by atoms with Crippen LogP contribution in [-0.2, 0) is 4.74 Å². The van der Waals surface area contributed by atoms with Gasteiger partial charge in [0.1, 0.15) is 5.82 Å². The number of ether oxygens (including phenoxy) is 1. The molecule has 0 bridgehead atoms. The lowest BCUT2D eigenvalue weighted by Crippen LogP contribution is -2.24. The van der Waals surface area contributed by atoms with Gasteiger partial charge in [-0.25, -0.2) is 4.39 Å². The van der Waals surface area contributed by atoms with Gasteiger partial charge in [0.15, 0.2) is 0 Å². The van der Waals surface area contributed by atoms with Gasteiger partial charge in [-0.15, -0.1) is 0 Å². The van der Waals surface area contributed by atoms with Crippen LogP contribution in [0.4, 0.5) is 4.39 Å². The number of benzene rings is 1. The van der Waals surface area contributed by atoms with Crippen LogP contribution >= 0.6 is 10.0 Å². The van der Waals surface area contributed by atoms with Gasteiger partial charge in [0.25, 0.3) is 0 Å². The van der Waals surface area contributed by atoms with E-state index in [-0.39, 0.29) is 5.82 Å². The van der Waals surface area contributed by atoms with Gasteiger partial charge in [-0.3, -0.25) is 0 Å². The molecule has 1 aromatic carbocycles. The predicted octanol–water partition coefficient (Wildman–Crippen LogP) is 3.78. The Labute approximate surface area is 98.3 Å². The number of hydrogen-bond donors (Lipinski definition) is 0. The zero-order chi connectivity index (χ0) is 11.6. The third-order valence-corrected chi connectivity index (χ3v) is 6.39. The predicted molar refractivity (Wildman–Crippen MR) is 67.7 cm³/mol. The summed E-state index contributed by atoms with van der Waals surface area (Å²) in [4.78, 5) is 1.24. The van der Waals surface area contributed by atoms with E-state index in [4.69, 9.17) is 4.74 Å². The summed E-state index contributed by atoms with van der Waals surface area (Å²) in [7, 11) is -0.968. The Balaban J connectivity index is 2.19. The van der Waals surface area contributed by atoms with Crippen molar-refractivity contribution >= 4 is 10.0 Å². The summed E-state index contributed by atoms with van der Waals surface area (Å²) in [6.45, 7) is 0.877. The smallest absolute Gasteiger partial charge is 0.123 e. The number of hydrogen-bond acceptors (Lipinski definition) is 1. The first-order valence-electron chi connectivity index (χ1n) is 5.70. The standard InChI is InChI=1S/C13H19FOS/c1-16(2,13-5-3-4-10-15-13)12-8-6-11(14)7-9-12/h6-9,13H,3-5,10H2,1-2H3. The molecule has 0 spiro atoms. The summed E-state index contributed by atoms with van der Waals surface area (Å²) in [6.07, 6.45) is 8.09. The minimum Gasteiger partial charge on any atom is -0.369 e. The molecular formula is C13H19FOS.